The van der Waals surface area contributed by atoms with Crippen molar-refractivity contribution in [2.24, 2.45) is 0 Å². The summed E-state index contributed by atoms with van der Waals surface area (Å²) in [6.07, 6.45) is 2.90. The largest absolute Gasteiger partial charge is 0.507 e. The topological polar surface area (TPSA) is 99.0 Å². The monoisotopic (exact) mass is 359 g/mol. The van der Waals surface area contributed by atoms with Crippen molar-refractivity contribution in [3.05, 3.63) is 77.3 Å². The quantitative estimate of drug-likeness (QED) is 0.311. The first-order valence-corrected chi connectivity index (χ1v) is 8.25. The van der Waals surface area contributed by atoms with Crippen LogP contribution in [0.2, 0.25) is 0 Å². The molecule has 3 rings (SSSR count). The molecule has 0 atom stereocenters. The standard InChI is InChI=1S/C21H17N3O3/c1-14-5-4-6-15(11-14)9-10-20(26)27-13-19(25)16(12-22)21-23-17-7-2-3-8-18(17)24-21/h2-11,25H,13H2,1H3,(H,23,24)/b10-9+,19-16-. The molecule has 0 bridgehead atoms. The zero-order valence-electron chi connectivity index (χ0n) is 14.6. The first-order valence-electron chi connectivity index (χ1n) is 8.25. The smallest absolute Gasteiger partial charge is 0.331 e. The number of aliphatic hydroxyl groups excluding tert-OH is 1. The van der Waals surface area contributed by atoms with Gasteiger partial charge in [-0.2, -0.15) is 5.26 Å². The Morgan fingerprint density at radius 2 is 2.11 bits per heavy atom. The molecule has 0 spiro atoms. The summed E-state index contributed by atoms with van der Waals surface area (Å²) in [5, 5.41) is 19.5. The van der Waals surface area contributed by atoms with Crippen LogP contribution in [0.25, 0.3) is 22.7 Å². The summed E-state index contributed by atoms with van der Waals surface area (Å²) >= 11 is 0. The highest BCUT2D eigenvalue weighted by molar-refractivity contribution is 5.87. The molecule has 2 N–H and O–H groups in total. The van der Waals surface area contributed by atoms with Crippen molar-refractivity contribution in [2.45, 2.75) is 6.92 Å². The fraction of sp³-hybridized carbons (Fsp3) is 0.0952. The number of aromatic nitrogens is 2. The van der Waals surface area contributed by atoms with E-state index in [0.717, 1.165) is 16.6 Å². The van der Waals surface area contributed by atoms with E-state index in [-0.39, 0.29) is 17.2 Å². The van der Waals surface area contributed by atoms with E-state index in [1.165, 1.54) is 6.08 Å². The minimum Gasteiger partial charge on any atom is -0.507 e. The van der Waals surface area contributed by atoms with E-state index in [1.54, 1.807) is 12.1 Å². The zero-order valence-corrected chi connectivity index (χ0v) is 14.6. The van der Waals surface area contributed by atoms with Gasteiger partial charge in [0.15, 0.2) is 11.6 Å². The number of imidazole rings is 1. The minimum absolute atomic E-state index is 0.0679. The van der Waals surface area contributed by atoms with Crippen LogP contribution in [-0.4, -0.2) is 27.7 Å². The Bertz CT molecular complexity index is 1050. The number of nitrogens with zero attached hydrogens (tertiary/aromatic N) is 2. The van der Waals surface area contributed by atoms with Gasteiger partial charge in [0, 0.05) is 6.08 Å². The number of hydrogen-bond donors (Lipinski definition) is 2. The maximum absolute atomic E-state index is 11.8. The molecular weight excluding hydrogens is 342 g/mol. The lowest BCUT2D eigenvalue weighted by Gasteiger charge is -2.03. The number of aliphatic hydroxyl groups is 1. The van der Waals surface area contributed by atoms with Crippen molar-refractivity contribution in [3.8, 4) is 6.07 Å². The van der Waals surface area contributed by atoms with Gasteiger partial charge in [0.05, 0.1) is 11.0 Å². The molecule has 0 saturated carbocycles. The Hall–Kier alpha value is -3.85. The molecule has 6 heteroatoms. The summed E-state index contributed by atoms with van der Waals surface area (Å²) in [4.78, 5) is 19.1. The third kappa shape index (κ3) is 4.41. The molecular formula is C21H17N3O3. The molecule has 0 fully saturated rings. The molecule has 0 amide bonds. The number of fused-ring (bicyclic) bond motifs is 1. The zero-order chi connectivity index (χ0) is 19.2. The Kier molecular flexibility index (Phi) is 5.33. The highest BCUT2D eigenvalue weighted by atomic mass is 16.5. The molecule has 2 aromatic carbocycles. The Labute approximate surface area is 156 Å². The summed E-state index contributed by atoms with van der Waals surface area (Å²) in [6.45, 7) is 1.54. The number of nitriles is 1. The number of hydrogen-bond acceptors (Lipinski definition) is 5. The van der Waals surface area contributed by atoms with Crippen LogP contribution in [-0.2, 0) is 9.53 Å². The highest BCUT2D eigenvalue weighted by Gasteiger charge is 2.14. The van der Waals surface area contributed by atoms with Crippen LogP contribution in [0.5, 0.6) is 0 Å². The third-order valence-corrected chi connectivity index (χ3v) is 3.83. The van der Waals surface area contributed by atoms with Crippen LogP contribution >= 0.6 is 0 Å². The number of para-hydroxylation sites is 2. The molecule has 1 heterocycles. The Morgan fingerprint density at radius 3 is 2.85 bits per heavy atom. The van der Waals surface area contributed by atoms with Gasteiger partial charge >= 0.3 is 5.97 Å². The molecule has 0 aliphatic carbocycles. The minimum atomic E-state index is -0.620. The lowest BCUT2D eigenvalue weighted by molar-refractivity contribution is -0.137. The number of H-pyrrole nitrogens is 1. The van der Waals surface area contributed by atoms with Crippen LogP contribution in [0.3, 0.4) is 0 Å². The molecule has 27 heavy (non-hydrogen) atoms. The second-order valence-corrected chi connectivity index (χ2v) is 5.89. The first-order chi connectivity index (χ1) is 13.1. The fourth-order valence-electron chi connectivity index (χ4n) is 2.52. The molecule has 1 aromatic heterocycles. The molecule has 3 aromatic rings. The van der Waals surface area contributed by atoms with Crippen molar-refractivity contribution in [1.82, 2.24) is 9.97 Å². The molecule has 6 nitrogen and oxygen atoms in total. The van der Waals surface area contributed by atoms with Gasteiger partial charge in [0.25, 0.3) is 0 Å². The van der Waals surface area contributed by atoms with Crippen LogP contribution in [0.1, 0.15) is 17.0 Å². The number of ether oxygens (including phenoxy) is 1. The van der Waals surface area contributed by atoms with E-state index in [2.05, 4.69) is 9.97 Å². The predicted molar refractivity (Wildman–Crippen MR) is 102 cm³/mol. The van der Waals surface area contributed by atoms with Gasteiger partial charge in [0.1, 0.15) is 18.2 Å². The summed E-state index contributed by atoms with van der Waals surface area (Å²) in [5.41, 5.74) is 3.29. The van der Waals surface area contributed by atoms with Crippen molar-refractivity contribution in [2.75, 3.05) is 6.61 Å². The number of nitrogens with one attached hydrogen (secondary N) is 1. The van der Waals surface area contributed by atoms with E-state index in [4.69, 9.17) is 4.74 Å². The Balaban J connectivity index is 1.69. The van der Waals surface area contributed by atoms with Crippen molar-refractivity contribution < 1.29 is 14.6 Å². The highest BCUT2D eigenvalue weighted by Crippen LogP contribution is 2.18. The van der Waals surface area contributed by atoms with Crippen molar-refractivity contribution in [1.29, 1.82) is 5.26 Å². The predicted octanol–water partition coefficient (Wildman–Crippen LogP) is 3.92. The summed E-state index contributed by atoms with van der Waals surface area (Å²) in [5.74, 6) is -0.763. The van der Waals surface area contributed by atoms with E-state index >= 15 is 0 Å². The van der Waals surface area contributed by atoms with Crippen LogP contribution in [0.15, 0.2) is 60.4 Å². The van der Waals surface area contributed by atoms with Crippen LogP contribution in [0.4, 0.5) is 0 Å². The fourth-order valence-corrected chi connectivity index (χ4v) is 2.52. The number of rotatable bonds is 5. The van der Waals surface area contributed by atoms with Gasteiger partial charge in [-0.05, 0) is 30.7 Å². The van der Waals surface area contributed by atoms with Crippen LogP contribution in [0, 0.1) is 18.3 Å². The van der Waals surface area contributed by atoms with E-state index < -0.39 is 12.6 Å². The van der Waals surface area contributed by atoms with Crippen LogP contribution < -0.4 is 0 Å². The average molecular weight is 359 g/mol. The van der Waals surface area contributed by atoms with Crippen molar-refractivity contribution in [3.63, 3.8) is 0 Å². The van der Waals surface area contributed by atoms with Gasteiger partial charge in [0.2, 0.25) is 0 Å². The molecule has 0 aliphatic rings. The number of carbonyl (C=O) groups is 1. The number of benzene rings is 2. The van der Waals surface area contributed by atoms with Gasteiger partial charge in [-0.15, -0.1) is 0 Å². The molecule has 0 radical (unpaired) electrons. The normalized spacial score (nSPS) is 12.0. The average Bonchev–Trinajstić information content (AvgIpc) is 3.09. The summed E-state index contributed by atoms with van der Waals surface area (Å²) < 4.78 is 5.01. The lowest BCUT2D eigenvalue weighted by atomic mass is 10.1. The number of carbonyl (C=O) groups excluding carboxylic acids is 1. The SMILES string of the molecule is Cc1cccc(/C=C/C(=O)OC/C(O)=C(\C#N)c2nc3ccccc3[nH]2)c1. The first kappa shape index (κ1) is 18.0. The maximum atomic E-state index is 11.8. The molecule has 0 aliphatic heterocycles. The molecule has 0 unspecified atom stereocenters. The van der Waals surface area contributed by atoms with Gasteiger partial charge in [-0.25, -0.2) is 9.78 Å². The lowest BCUT2D eigenvalue weighted by Crippen LogP contribution is -2.06. The number of aryl methyl sites for hydroxylation is 1. The molecule has 0 saturated heterocycles. The third-order valence-electron chi connectivity index (χ3n) is 3.83. The van der Waals surface area contributed by atoms with Crippen molar-refractivity contribution >= 4 is 28.7 Å². The summed E-state index contributed by atoms with van der Waals surface area (Å²) in [6, 6.07) is 16.8. The number of esters is 1. The molecule has 134 valence electrons. The van der Waals surface area contributed by atoms with Gasteiger partial charge in [-0.1, -0.05) is 42.0 Å². The van der Waals surface area contributed by atoms with E-state index in [9.17, 15) is 15.2 Å². The number of allylic oxidation sites excluding steroid dienone is 1. The second-order valence-electron chi connectivity index (χ2n) is 5.89. The second kappa shape index (κ2) is 8.02. The maximum Gasteiger partial charge on any atom is 0.331 e. The van der Waals surface area contributed by atoms with E-state index in [0.29, 0.717) is 5.52 Å². The van der Waals surface area contributed by atoms with E-state index in [1.807, 2.05) is 55.5 Å². The number of aromatic amines is 1. The van der Waals surface area contributed by atoms with Gasteiger partial charge in [-0.3, -0.25) is 0 Å². The Morgan fingerprint density at radius 1 is 1.30 bits per heavy atom. The summed E-state index contributed by atoms with van der Waals surface area (Å²) in [7, 11) is 0. The van der Waals surface area contributed by atoms with Gasteiger partial charge < -0.3 is 14.8 Å².